The van der Waals surface area contributed by atoms with E-state index in [1.165, 1.54) is 5.69 Å². The van der Waals surface area contributed by atoms with Gasteiger partial charge in [-0.1, -0.05) is 20.8 Å². The Bertz CT molecular complexity index is 388. The molecular formula is C16H25NO. The molecule has 0 spiro atoms. The van der Waals surface area contributed by atoms with Crippen molar-refractivity contribution < 1.29 is 4.79 Å². The van der Waals surface area contributed by atoms with Crippen LogP contribution in [0.25, 0.3) is 0 Å². The summed E-state index contributed by atoms with van der Waals surface area (Å²) in [6.45, 7) is 12.3. The third-order valence-corrected chi connectivity index (χ3v) is 3.76. The number of carbonyl (C=O) groups is 1. The number of nitrogens with zero attached hydrogens (tertiary/aromatic N) is 1. The number of hydrogen-bond donors (Lipinski definition) is 0. The van der Waals surface area contributed by atoms with Gasteiger partial charge in [0, 0.05) is 29.8 Å². The van der Waals surface area contributed by atoms with Gasteiger partial charge < -0.3 is 4.90 Å². The molecule has 0 N–H and O–H groups in total. The lowest BCUT2D eigenvalue weighted by Crippen LogP contribution is -2.24. The quantitative estimate of drug-likeness (QED) is 0.704. The summed E-state index contributed by atoms with van der Waals surface area (Å²) in [6, 6.07) is 8.00. The molecule has 0 fully saturated rings. The molecule has 0 aliphatic carbocycles. The molecule has 0 aliphatic rings. The van der Waals surface area contributed by atoms with Gasteiger partial charge in [-0.2, -0.15) is 0 Å². The number of Topliss-reactive ketones (excluding diaryl/α,β-unsaturated/α-hetero) is 1. The Morgan fingerprint density at radius 3 is 1.94 bits per heavy atom. The van der Waals surface area contributed by atoms with Crippen LogP contribution in [0, 0.1) is 5.41 Å². The van der Waals surface area contributed by atoms with Gasteiger partial charge in [-0.3, -0.25) is 4.79 Å². The predicted octanol–water partition coefficient (Wildman–Crippen LogP) is 4.15. The molecular weight excluding hydrogens is 222 g/mol. The number of ketones is 1. The molecule has 1 aromatic rings. The summed E-state index contributed by atoms with van der Waals surface area (Å²) in [6.07, 6.45) is 0.865. The first-order chi connectivity index (χ1) is 8.46. The Balaban J connectivity index is 2.93. The van der Waals surface area contributed by atoms with E-state index in [0.717, 1.165) is 25.1 Å². The van der Waals surface area contributed by atoms with Gasteiger partial charge in [0.15, 0.2) is 5.78 Å². The highest BCUT2D eigenvalue weighted by Gasteiger charge is 2.26. The first kappa shape index (κ1) is 14.7. The highest BCUT2D eigenvalue weighted by Crippen LogP contribution is 2.26. The maximum atomic E-state index is 12.3. The van der Waals surface area contributed by atoms with Crippen LogP contribution in [0.15, 0.2) is 24.3 Å². The average Bonchev–Trinajstić information content (AvgIpc) is 2.40. The fraction of sp³-hybridized carbons (Fsp3) is 0.562. The van der Waals surface area contributed by atoms with Crippen LogP contribution in [0.1, 0.15) is 51.4 Å². The van der Waals surface area contributed by atoms with Gasteiger partial charge in [-0.05, 0) is 44.5 Å². The lowest BCUT2D eigenvalue weighted by atomic mass is 9.82. The van der Waals surface area contributed by atoms with Crippen molar-refractivity contribution in [1.29, 1.82) is 0 Å². The largest absolute Gasteiger partial charge is 0.372 e. The van der Waals surface area contributed by atoms with Gasteiger partial charge >= 0.3 is 0 Å². The van der Waals surface area contributed by atoms with Crippen LogP contribution in [0.4, 0.5) is 5.69 Å². The normalized spacial score (nSPS) is 11.4. The zero-order valence-corrected chi connectivity index (χ0v) is 12.3. The molecule has 0 saturated heterocycles. The summed E-state index contributed by atoms with van der Waals surface area (Å²) in [7, 11) is 0. The van der Waals surface area contributed by atoms with Gasteiger partial charge in [0.25, 0.3) is 0 Å². The van der Waals surface area contributed by atoms with Gasteiger partial charge in [0.1, 0.15) is 0 Å². The molecule has 2 nitrogen and oxygen atoms in total. The maximum absolute atomic E-state index is 12.3. The molecule has 0 aliphatic heterocycles. The highest BCUT2D eigenvalue weighted by molar-refractivity contribution is 6.00. The van der Waals surface area contributed by atoms with Gasteiger partial charge in [-0.25, -0.2) is 0 Å². The van der Waals surface area contributed by atoms with Crippen LogP contribution in [0.5, 0.6) is 0 Å². The summed E-state index contributed by atoms with van der Waals surface area (Å²) in [4.78, 5) is 14.6. The lowest BCUT2D eigenvalue weighted by molar-refractivity contribution is 0.0833. The van der Waals surface area contributed by atoms with Gasteiger partial charge in [0.2, 0.25) is 0 Å². The minimum atomic E-state index is -0.267. The SMILES string of the molecule is CCN(CC)c1ccc(C(=O)C(C)(C)CC)cc1. The highest BCUT2D eigenvalue weighted by atomic mass is 16.1. The standard InChI is InChI=1S/C16H25NO/c1-6-16(4,5)15(18)13-9-11-14(12-10-13)17(7-2)8-3/h9-12H,6-8H2,1-5H3. The van der Waals surface area contributed by atoms with E-state index in [4.69, 9.17) is 0 Å². The molecule has 1 rings (SSSR count). The Morgan fingerprint density at radius 2 is 1.56 bits per heavy atom. The first-order valence-electron chi connectivity index (χ1n) is 6.86. The van der Waals surface area contributed by atoms with Crippen LogP contribution in [0.2, 0.25) is 0 Å². The van der Waals surface area contributed by atoms with Crippen molar-refractivity contribution in [2.75, 3.05) is 18.0 Å². The molecule has 0 atom stereocenters. The van der Waals surface area contributed by atoms with Crippen LogP contribution in [-0.4, -0.2) is 18.9 Å². The number of benzene rings is 1. The Hall–Kier alpha value is -1.31. The number of carbonyl (C=O) groups excluding carboxylic acids is 1. The van der Waals surface area contributed by atoms with E-state index in [-0.39, 0.29) is 11.2 Å². The fourth-order valence-corrected chi connectivity index (χ4v) is 1.96. The minimum Gasteiger partial charge on any atom is -0.372 e. The Kier molecular flexibility index (Phi) is 4.94. The molecule has 0 amide bonds. The van der Waals surface area contributed by atoms with Crippen molar-refractivity contribution >= 4 is 11.5 Å². The lowest BCUT2D eigenvalue weighted by Gasteiger charge is -2.23. The molecule has 0 heterocycles. The average molecular weight is 247 g/mol. The summed E-state index contributed by atoms with van der Waals surface area (Å²) in [5, 5.41) is 0. The second kappa shape index (κ2) is 6.03. The van der Waals surface area contributed by atoms with Crippen LogP contribution < -0.4 is 4.90 Å². The second-order valence-corrected chi connectivity index (χ2v) is 5.29. The van der Waals surface area contributed by atoms with Gasteiger partial charge in [-0.15, -0.1) is 0 Å². The summed E-state index contributed by atoms with van der Waals surface area (Å²) in [5.41, 5.74) is 1.74. The van der Waals surface area contributed by atoms with E-state index in [2.05, 4.69) is 25.7 Å². The van der Waals surface area contributed by atoms with Crippen LogP contribution >= 0.6 is 0 Å². The van der Waals surface area contributed by atoms with E-state index in [1.807, 2.05) is 38.1 Å². The molecule has 0 bridgehead atoms. The zero-order chi connectivity index (χ0) is 13.8. The van der Waals surface area contributed by atoms with Crippen molar-refractivity contribution in [3.05, 3.63) is 29.8 Å². The predicted molar refractivity (Wildman–Crippen MR) is 78.4 cm³/mol. The number of rotatable bonds is 6. The Morgan fingerprint density at radius 1 is 1.06 bits per heavy atom. The van der Waals surface area contributed by atoms with Crippen LogP contribution in [0.3, 0.4) is 0 Å². The third-order valence-electron chi connectivity index (χ3n) is 3.76. The van der Waals surface area contributed by atoms with Crippen LogP contribution in [-0.2, 0) is 0 Å². The molecule has 1 aromatic carbocycles. The van der Waals surface area contributed by atoms with Crippen molar-refractivity contribution in [2.45, 2.75) is 41.0 Å². The van der Waals surface area contributed by atoms with Crippen molar-refractivity contribution in [1.82, 2.24) is 0 Å². The van der Waals surface area contributed by atoms with Crippen molar-refractivity contribution in [2.24, 2.45) is 5.41 Å². The Labute approximate surface area is 111 Å². The van der Waals surface area contributed by atoms with E-state index in [0.29, 0.717) is 0 Å². The van der Waals surface area contributed by atoms with E-state index in [9.17, 15) is 4.79 Å². The summed E-state index contributed by atoms with van der Waals surface area (Å²) in [5.74, 6) is 0.232. The molecule has 18 heavy (non-hydrogen) atoms. The van der Waals surface area contributed by atoms with Crippen molar-refractivity contribution in [3.8, 4) is 0 Å². The van der Waals surface area contributed by atoms with E-state index in [1.54, 1.807) is 0 Å². The molecule has 100 valence electrons. The first-order valence-corrected chi connectivity index (χ1v) is 6.86. The molecule has 0 radical (unpaired) electrons. The zero-order valence-electron chi connectivity index (χ0n) is 12.3. The smallest absolute Gasteiger partial charge is 0.168 e. The van der Waals surface area contributed by atoms with Crippen molar-refractivity contribution in [3.63, 3.8) is 0 Å². The number of anilines is 1. The van der Waals surface area contributed by atoms with E-state index < -0.39 is 0 Å². The molecule has 0 saturated carbocycles. The summed E-state index contributed by atoms with van der Waals surface area (Å²) >= 11 is 0. The topological polar surface area (TPSA) is 20.3 Å². The summed E-state index contributed by atoms with van der Waals surface area (Å²) < 4.78 is 0. The fourth-order valence-electron chi connectivity index (χ4n) is 1.96. The number of hydrogen-bond acceptors (Lipinski definition) is 2. The minimum absolute atomic E-state index is 0.232. The maximum Gasteiger partial charge on any atom is 0.168 e. The molecule has 0 aromatic heterocycles. The third kappa shape index (κ3) is 3.12. The second-order valence-electron chi connectivity index (χ2n) is 5.29. The monoisotopic (exact) mass is 247 g/mol. The molecule has 0 unspecified atom stereocenters. The van der Waals surface area contributed by atoms with E-state index >= 15 is 0 Å². The molecule has 2 heteroatoms. The van der Waals surface area contributed by atoms with Gasteiger partial charge in [0.05, 0.1) is 0 Å².